The number of anilines is 2. The van der Waals surface area contributed by atoms with Gasteiger partial charge in [0.05, 0.1) is 27.1 Å². The summed E-state index contributed by atoms with van der Waals surface area (Å²) in [7, 11) is 0. The highest BCUT2D eigenvalue weighted by molar-refractivity contribution is 7.18. The number of rotatable bonds is 6. The van der Waals surface area contributed by atoms with Crippen LogP contribution in [0.5, 0.6) is 0 Å². The maximum Gasteiger partial charge on any atom is 0.418 e. The zero-order valence-corrected chi connectivity index (χ0v) is 17.5. The lowest BCUT2D eigenvalue weighted by Crippen LogP contribution is -2.41. The number of halogens is 4. The zero-order chi connectivity index (χ0) is 22.6. The second kappa shape index (κ2) is 9.67. The summed E-state index contributed by atoms with van der Waals surface area (Å²) >= 11 is 6.82. The first-order valence-corrected chi connectivity index (χ1v) is 10.3. The molecule has 0 spiro atoms. The number of nitrogens with zero attached hydrogens (tertiary/aromatic N) is 1. The van der Waals surface area contributed by atoms with E-state index in [9.17, 15) is 27.6 Å². The van der Waals surface area contributed by atoms with Gasteiger partial charge in [0.1, 0.15) is 6.61 Å². The first-order chi connectivity index (χ1) is 14.6. The molecule has 166 valence electrons. The minimum Gasteiger partial charge on any atom is -0.370 e. The van der Waals surface area contributed by atoms with Crippen molar-refractivity contribution in [2.45, 2.75) is 12.6 Å². The number of amides is 3. The number of morpholine rings is 1. The Hall–Kier alpha value is -2.63. The number of carbonyl (C=O) groups excluding carboxylic acids is 3. The van der Waals surface area contributed by atoms with Crippen LogP contribution in [0.25, 0.3) is 0 Å². The fourth-order valence-electron chi connectivity index (χ4n) is 2.86. The van der Waals surface area contributed by atoms with Crippen molar-refractivity contribution in [3.63, 3.8) is 0 Å². The van der Waals surface area contributed by atoms with Gasteiger partial charge in [0.15, 0.2) is 0 Å². The third kappa shape index (κ3) is 5.96. The Labute approximate surface area is 184 Å². The van der Waals surface area contributed by atoms with Crippen molar-refractivity contribution >= 4 is 52.0 Å². The van der Waals surface area contributed by atoms with Crippen LogP contribution in [0.4, 0.5) is 24.5 Å². The molecule has 0 unspecified atom stereocenters. The maximum absolute atomic E-state index is 13.5. The highest BCUT2D eigenvalue weighted by Crippen LogP contribution is 2.37. The van der Waals surface area contributed by atoms with Gasteiger partial charge in [0, 0.05) is 25.2 Å². The second-order valence-electron chi connectivity index (χ2n) is 6.48. The molecule has 0 atom stereocenters. The molecule has 1 aliphatic heterocycles. The lowest BCUT2D eigenvalue weighted by molar-refractivity contribution is -0.137. The molecule has 2 heterocycles. The van der Waals surface area contributed by atoms with E-state index in [1.54, 1.807) is 6.07 Å². The fourth-order valence-corrected chi connectivity index (χ4v) is 3.82. The van der Waals surface area contributed by atoms with Crippen molar-refractivity contribution in [3.8, 4) is 0 Å². The van der Waals surface area contributed by atoms with E-state index >= 15 is 0 Å². The van der Waals surface area contributed by atoms with Gasteiger partial charge in [-0.25, -0.2) is 0 Å². The number of carbonyl (C=O) groups is 3. The SMILES string of the molecule is O=C(CCNC(=O)c1ccc(Cl)s1)Nc1ccc(N2CCOCC2=O)cc1C(F)(F)F. The highest BCUT2D eigenvalue weighted by atomic mass is 35.5. The molecule has 3 amide bonds. The van der Waals surface area contributed by atoms with Gasteiger partial charge in [0.25, 0.3) is 11.8 Å². The quantitative estimate of drug-likeness (QED) is 0.669. The predicted molar refractivity (Wildman–Crippen MR) is 110 cm³/mol. The minimum absolute atomic E-state index is 0.0676. The lowest BCUT2D eigenvalue weighted by Gasteiger charge is -2.28. The van der Waals surface area contributed by atoms with Gasteiger partial charge < -0.3 is 20.3 Å². The normalized spacial score (nSPS) is 14.5. The van der Waals surface area contributed by atoms with Crippen LogP contribution in [0.1, 0.15) is 21.7 Å². The Bertz CT molecular complexity index is 996. The van der Waals surface area contributed by atoms with Gasteiger partial charge in [-0.3, -0.25) is 14.4 Å². The zero-order valence-electron chi connectivity index (χ0n) is 15.9. The molecule has 3 rings (SSSR count). The number of benzene rings is 1. The molecule has 1 fully saturated rings. The summed E-state index contributed by atoms with van der Waals surface area (Å²) in [6.45, 7) is 0.0805. The minimum atomic E-state index is -4.75. The Balaban J connectivity index is 1.65. The van der Waals surface area contributed by atoms with Crippen LogP contribution in [0, 0.1) is 0 Å². The molecule has 0 radical (unpaired) electrons. The standard InChI is InChI=1S/C19H17ClF3N3O4S/c20-15-4-3-14(31-15)18(29)24-6-5-16(27)25-13-2-1-11(9-12(13)19(21,22)23)26-7-8-30-10-17(26)28/h1-4,9H,5-8,10H2,(H,24,29)(H,25,27). The smallest absolute Gasteiger partial charge is 0.370 e. The van der Waals surface area contributed by atoms with Gasteiger partial charge in [-0.2, -0.15) is 13.2 Å². The molecule has 1 saturated heterocycles. The average molecular weight is 476 g/mol. The van der Waals surface area contributed by atoms with E-state index in [1.165, 1.54) is 17.0 Å². The molecule has 2 aromatic rings. The van der Waals surface area contributed by atoms with Crippen molar-refractivity contribution in [2.24, 2.45) is 0 Å². The van der Waals surface area contributed by atoms with Gasteiger partial charge in [0.2, 0.25) is 5.91 Å². The molecule has 2 N–H and O–H groups in total. The van der Waals surface area contributed by atoms with Crippen LogP contribution in [0.3, 0.4) is 0 Å². The average Bonchev–Trinajstić information content (AvgIpc) is 3.14. The van der Waals surface area contributed by atoms with Crippen LogP contribution in [0.2, 0.25) is 4.34 Å². The molecule has 1 aromatic heterocycles. The highest BCUT2D eigenvalue weighted by Gasteiger charge is 2.35. The summed E-state index contributed by atoms with van der Waals surface area (Å²) in [4.78, 5) is 37.5. The summed E-state index contributed by atoms with van der Waals surface area (Å²) < 4.78 is 46.1. The van der Waals surface area contributed by atoms with E-state index in [1.807, 2.05) is 0 Å². The van der Waals surface area contributed by atoms with Crippen LogP contribution in [-0.4, -0.2) is 44.0 Å². The van der Waals surface area contributed by atoms with Crippen molar-refractivity contribution in [1.82, 2.24) is 5.32 Å². The summed E-state index contributed by atoms with van der Waals surface area (Å²) in [5.74, 6) is -1.58. The fraction of sp³-hybridized carbons (Fsp3) is 0.316. The molecule has 31 heavy (non-hydrogen) atoms. The van der Waals surface area contributed by atoms with Gasteiger partial charge in [-0.1, -0.05) is 11.6 Å². The summed E-state index contributed by atoms with van der Waals surface area (Å²) in [5, 5.41) is 4.72. The maximum atomic E-state index is 13.5. The Kier molecular flexibility index (Phi) is 7.19. The number of ether oxygens (including phenoxy) is 1. The van der Waals surface area contributed by atoms with Crippen LogP contribution in [0.15, 0.2) is 30.3 Å². The van der Waals surface area contributed by atoms with E-state index in [2.05, 4.69) is 10.6 Å². The Morgan fingerprint density at radius 3 is 2.65 bits per heavy atom. The topological polar surface area (TPSA) is 87.7 Å². The molecular weight excluding hydrogens is 459 g/mol. The Morgan fingerprint density at radius 2 is 2.00 bits per heavy atom. The third-order valence-corrected chi connectivity index (χ3v) is 5.54. The third-order valence-electron chi connectivity index (χ3n) is 4.31. The molecule has 1 aliphatic rings. The van der Waals surface area contributed by atoms with E-state index in [4.69, 9.17) is 16.3 Å². The van der Waals surface area contributed by atoms with Crippen LogP contribution < -0.4 is 15.5 Å². The molecule has 12 heteroatoms. The first-order valence-electron chi connectivity index (χ1n) is 9.08. The van der Waals surface area contributed by atoms with E-state index in [-0.39, 0.29) is 38.4 Å². The summed E-state index contributed by atoms with van der Waals surface area (Å²) in [6, 6.07) is 6.34. The molecule has 1 aromatic carbocycles. The van der Waals surface area contributed by atoms with Gasteiger partial charge in [-0.15, -0.1) is 11.3 Å². The van der Waals surface area contributed by atoms with Crippen molar-refractivity contribution < 1.29 is 32.3 Å². The number of thiophene rings is 1. The van der Waals surface area contributed by atoms with Crippen LogP contribution in [-0.2, 0) is 20.5 Å². The Morgan fingerprint density at radius 1 is 1.23 bits per heavy atom. The predicted octanol–water partition coefficient (Wildman–Crippen LogP) is 3.54. The molecule has 0 aliphatic carbocycles. The molecular formula is C19H17ClF3N3O4S. The summed E-state index contributed by atoms with van der Waals surface area (Å²) in [5.41, 5.74) is -1.44. The molecule has 0 saturated carbocycles. The van der Waals surface area contributed by atoms with Crippen molar-refractivity contribution in [3.05, 3.63) is 45.1 Å². The van der Waals surface area contributed by atoms with Gasteiger partial charge in [-0.05, 0) is 30.3 Å². The lowest BCUT2D eigenvalue weighted by atomic mass is 10.1. The monoisotopic (exact) mass is 475 g/mol. The van der Waals surface area contributed by atoms with E-state index in [0.717, 1.165) is 23.5 Å². The summed E-state index contributed by atoms with van der Waals surface area (Å²) in [6.07, 6.45) is -4.98. The van der Waals surface area contributed by atoms with Crippen LogP contribution >= 0.6 is 22.9 Å². The number of hydrogen-bond acceptors (Lipinski definition) is 5. The molecule has 0 bridgehead atoms. The molecule has 7 nitrogen and oxygen atoms in total. The first kappa shape index (κ1) is 23.0. The largest absolute Gasteiger partial charge is 0.418 e. The van der Waals surface area contributed by atoms with Crippen molar-refractivity contribution in [1.29, 1.82) is 0 Å². The second-order valence-corrected chi connectivity index (χ2v) is 8.20. The van der Waals surface area contributed by atoms with Gasteiger partial charge >= 0.3 is 6.18 Å². The van der Waals surface area contributed by atoms with E-state index < -0.39 is 35.1 Å². The number of hydrogen-bond donors (Lipinski definition) is 2. The number of nitrogens with one attached hydrogen (secondary N) is 2. The van der Waals surface area contributed by atoms with Crippen molar-refractivity contribution in [2.75, 3.05) is 36.5 Å². The number of alkyl halides is 3. The van der Waals surface area contributed by atoms with E-state index in [0.29, 0.717) is 9.21 Å².